The molecule has 5 aliphatic rings. The number of carbonyl (C=O) groups excluding carboxylic acids is 1. The molecule has 2 unspecified atom stereocenters. The van der Waals surface area contributed by atoms with Gasteiger partial charge in [-0.25, -0.2) is 0 Å². The predicted molar refractivity (Wildman–Crippen MR) is 122 cm³/mol. The zero-order chi connectivity index (χ0) is 27.4. The highest BCUT2D eigenvalue weighted by atomic mass is 16.7. The van der Waals surface area contributed by atoms with E-state index in [0.717, 1.165) is 0 Å². The summed E-state index contributed by atoms with van der Waals surface area (Å²) >= 11 is 0. The zero-order valence-corrected chi connectivity index (χ0v) is 21.2. The Kier molecular flexibility index (Phi) is 6.40. The molecule has 4 fully saturated rings. The van der Waals surface area contributed by atoms with Gasteiger partial charge in [-0.2, -0.15) is 0 Å². The first kappa shape index (κ1) is 27.4. The maximum Gasteiger partial charge on any atom is 0.310 e. The molecule has 37 heavy (non-hydrogen) atoms. The number of aliphatic hydroxyl groups is 8. The molecule has 0 amide bonds. The maximum atomic E-state index is 13.0. The normalized spacial score (nSPS) is 61.0. The summed E-state index contributed by atoms with van der Waals surface area (Å²) in [5.41, 5.74) is -4.17. The van der Waals surface area contributed by atoms with E-state index >= 15 is 0 Å². The number of fused-ring (bicyclic) bond motifs is 2. The number of hydrogen-bond donors (Lipinski definition) is 8. The molecular formula is C25H38O12. The molecule has 0 aromatic rings. The minimum atomic E-state index is -1.71. The van der Waals surface area contributed by atoms with Crippen LogP contribution in [0.4, 0.5) is 0 Å². The molecule has 8 N–H and O–H groups in total. The molecule has 2 saturated heterocycles. The summed E-state index contributed by atoms with van der Waals surface area (Å²) in [5.74, 6) is -4.13. The maximum absolute atomic E-state index is 13.0. The number of aliphatic hydroxyl groups excluding tert-OH is 7. The molecule has 0 radical (unpaired) electrons. The van der Waals surface area contributed by atoms with E-state index in [0.29, 0.717) is 0 Å². The largest absolute Gasteiger partial charge is 0.459 e. The molecular weight excluding hydrogens is 492 g/mol. The standard InChI is InChI=1S/C25H38O12/c1-8-11-21(33)37-20-17(32)18-23(2,34)6-5-10(24(18,3)19(25(11,20)4)15(30)12(8)27)36-22-16(31)14(29)13(28)9(7-26)35-22/h5-6,8-20,22,26-32,34H,7H2,1-4H3/t8-,9-,10-,11-,12-,13-,14+,15+,16-,17-,18?,19?,20-,22+,23-,24+,25+/m1/s1. The Balaban J connectivity index is 1.62. The fraction of sp³-hybridized carbons (Fsp3) is 0.880. The average molecular weight is 531 g/mol. The van der Waals surface area contributed by atoms with Crippen molar-refractivity contribution in [1.82, 2.24) is 0 Å². The number of esters is 1. The summed E-state index contributed by atoms with van der Waals surface area (Å²) in [5, 5.41) is 86.2. The molecule has 5 rings (SSSR count). The van der Waals surface area contributed by atoms with E-state index in [2.05, 4.69) is 0 Å². The lowest BCUT2D eigenvalue weighted by molar-refractivity contribution is -0.343. The second kappa shape index (κ2) is 8.65. The van der Waals surface area contributed by atoms with Gasteiger partial charge in [0, 0.05) is 22.7 Å². The summed E-state index contributed by atoms with van der Waals surface area (Å²) in [6, 6.07) is 0. The lowest BCUT2D eigenvalue weighted by Crippen LogP contribution is -2.76. The van der Waals surface area contributed by atoms with E-state index < -0.39 is 114 Å². The molecule has 17 atom stereocenters. The van der Waals surface area contributed by atoms with Gasteiger partial charge in [-0.05, 0) is 12.8 Å². The van der Waals surface area contributed by atoms with Crippen molar-refractivity contribution in [3.63, 3.8) is 0 Å². The van der Waals surface area contributed by atoms with Gasteiger partial charge in [-0.1, -0.05) is 32.9 Å². The second-order valence-electron chi connectivity index (χ2n) is 12.2. The van der Waals surface area contributed by atoms with Gasteiger partial charge in [-0.15, -0.1) is 0 Å². The van der Waals surface area contributed by atoms with Crippen LogP contribution in [-0.4, -0.2) is 120 Å². The predicted octanol–water partition coefficient (Wildman–Crippen LogP) is -2.98. The molecule has 0 bridgehead atoms. The van der Waals surface area contributed by atoms with Crippen molar-refractivity contribution in [2.24, 2.45) is 34.5 Å². The monoisotopic (exact) mass is 530 g/mol. The molecule has 0 aromatic heterocycles. The van der Waals surface area contributed by atoms with Crippen LogP contribution >= 0.6 is 0 Å². The number of carbonyl (C=O) groups is 1. The lowest BCUT2D eigenvalue weighted by Gasteiger charge is -2.67. The smallest absolute Gasteiger partial charge is 0.310 e. The van der Waals surface area contributed by atoms with Crippen LogP contribution in [0.25, 0.3) is 0 Å². The van der Waals surface area contributed by atoms with Gasteiger partial charge in [0.2, 0.25) is 0 Å². The Morgan fingerprint density at radius 2 is 1.54 bits per heavy atom. The number of hydrogen-bond acceptors (Lipinski definition) is 12. The van der Waals surface area contributed by atoms with Crippen molar-refractivity contribution in [3.05, 3.63) is 12.2 Å². The number of ether oxygens (including phenoxy) is 3. The highest BCUT2D eigenvalue weighted by molar-refractivity contribution is 5.77. The SMILES string of the molecule is C[C@H]1[C@@H](O)[C@H](O)C2[C@]3(C)C([C@@H](O)[C@H]4OC(=O)[C@@H]1[C@@]24C)[C@](C)(O)C=C[C@H]3O[C@@H]1O[C@H](CO)[C@@H](O)[C@H](O)[C@H]1O. The molecule has 210 valence electrons. The summed E-state index contributed by atoms with van der Waals surface area (Å²) < 4.78 is 17.4. The highest BCUT2D eigenvalue weighted by Gasteiger charge is 2.78. The van der Waals surface area contributed by atoms with E-state index in [1.165, 1.54) is 19.1 Å². The van der Waals surface area contributed by atoms with Crippen LogP contribution < -0.4 is 0 Å². The minimum absolute atomic E-state index is 0.601. The number of rotatable bonds is 3. The highest BCUT2D eigenvalue weighted by Crippen LogP contribution is 2.69. The van der Waals surface area contributed by atoms with Crippen molar-refractivity contribution in [3.8, 4) is 0 Å². The topological polar surface area (TPSA) is 207 Å². The van der Waals surface area contributed by atoms with E-state index in [9.17, 15) is 45.6 Å². The third-order valence-corrected chi connectivity index (χ3v) is 10.2. The van der Waals surface area contributed by atoms with Gasteiger partial charge in [0.1, 0.15) is 30.5 Å². The molecule has 2 saturated carbocycles. The van der Waals surface area contributed by atoms with Gasteiger partial charge in [0.25, 0.3) is 0 Å². The van der Waals surface area contributed by atoms with Crippen molar-refractivity contribution in [2.75, 3.05) is 6.61 Å². The van der Waals surface area contributed by atoms with E-state index in [1.807, 2.05) is 0 Å². The first-order valence-electron chi connectivity index (χ1n) is 12.8. The van der Waals surface area contributed by atoms with Gasteiger partial charge in [0.15, 0.2) is 6.29 Å². The Morgan fingerprint density at radius 3 is 2.16 bits per heavy atom. The molecule has 12 nitrogen and oxygen atoms in total. The molecule has 2 heterocycles. The lowest BCUT2D eigenvalue weighted by atomic mass is 9.38. The Bertz CT molecular complexity index is 954. The fourth-order valence-corrected chi connectivity index (χ4v) is 8.63. The van der Waals surface area contributed by atoms with Crippen molar-refractivity contribution in [1.29, 1.82) is 0 Å². The van der Waals surface area contributed by atoms with Crippen LogP contribution in [0, 0.1) is 34.5 Å². The third kappa shape index (κ3) is 3.41. The first-order valence-corrected chi connectivity index (χ1v) is 12.8. The summed E-state index contributed by atoms with van der Waals surface area (Å²) in [4.78, 5) is 13.0. The van der Waals surface area contributed by atoms with Crippen LogP contribution in [-0.2, 0) is 19.0 Å². The van der Waals surface area contributed by atoms with Crippen LogP contribution in [0.15, 0.2) is 12.2 Å². The second-order valence-corrected chi connectivity index (χ2v) is 12.2. The average Bonchev–Trinajstić information content (AvgIpc) is 3.09. The third-order valence-electron chi connectivity index (χ3n) is 10.2. The van der Waals surface area contributed by atoms with E-state index in [4.69, 9.17) is 14.2 Å². The van der Waals surface area contributed by atoms with Crippen molar-refractivity contribution >= 4 is 5.97 Å². The van der Waals surface area contributed by atoms with Crippen LogP contribution in [0.1, 0.15) is 27.7 Å². The zero-order valence-electron chi connectivity index (χ0n) is 21.2. The summed E-state index contributed by atoms with van der Waals surface area (Å²) in [6.45, 7) is 5.86. The van der Waals surface area contributed by atoms with Crippen LogP contribution in [0.2, 0.25) is 0 Å². The molecule has 0 spiro atoms. The summed E-state index contributed by atoms with van der Waals surface area (Å²) in [6.07, 6.45) is -11.1. The fourth-order valence-electron chi connectivity index (χ4n) is 8.63. The van der Waals surface area contributed by atoms with Crippen LogP contribution in [0.5, 0.6) is 0 Å². The van der Waals surface area contributed by atoms with E-state index in [1.54, 1.807) is 20.8 Å². The van der Waals surface area contributed by atoms with Crippen LogP contribution in [0.3, 0.4) is 0 Å². The minimum Gasteiger partial charge on any atom is -0.459 e. The van der Waals surface area contributed by atoms with Gasteiger partial charge in [-0.3, -0.25) is 4.79 Å². The Labute approximate surface area is 214 Å². The summed E-state index contributed by atoms with van der Waals surface area (Å²) in [7, 11) is 0. The van der Waals surface area contributed by atoms with E-state index in [-0.39, 0.29) is 0 Å². The van der Waals surface area contributed by atoms with Gasteiger partial charge < -0.3 is 55.1 Å². The molecule has 12 heteroatoms. The molecule has 2 aliphatic heterocycles. The Hall–Kier alpha value is -1.19. The molecule has 3 aliphatic carbocycles. The Morgan fingerprint density at radius 1 is 0.892 bits per heavy atom. The quantitative estimate of drug-likeness (QED) is 0.136. The van der Waals surface area contributed by atoms with Gasteiger partial charge in [0.05, 0.1) is 42.5 Å². The van der Waals surface area contributed by atoms with Crippen molar-refractivity contribution in [2.45, 2.75) is 94.5 Å². The van der Waals surface area contributed by atoms with Gasteiger partial charge >= 0.3 is 5.97 Å². The first-order chi connectivity index (χ1) is 17.1. The molecule has 0 aromatic carbocycles. The van der Waals surface area contributed by atoms with Crippen molar-refractivity contribution < 1.29 is 59.9 Å².